The van der Waals surface area contributed by atoms with Gasteiger partial charge in [0.25, 0.3) is 5.91 Å². The van der Waals surface area contributed by atoms with Crippen LogP contribution in [0.5, 0.6) is 0 Å². The van der Waals surface area contributed by atoms with Crippen LogP contribution in [-0.4, -0.2) is 41.0 Å². The summed E-state index contributed by atoms with van der Waals surface area (Å²) in [4.78, 5) is 26.1. The van der Waals surface area contributed by atoms with Crippen LogP contribution in [0, 0.1) is 5.92 Å². The summed E-state index contributed by atoms with van der Waals surface area (Å²) in [5.41, 5.74) is 0.692. The van der Waals surface area contributed by atoms with Crippen LogP contribution in [0.1, 0.15) is 37.2 Å². The lowest BCUT2D eigenvalue weighted by Crippen LogP contribution is -2.43. The zero-order chi connectivity index (χ0) is 14.5. The van der Waals surface area contributed by atoms with Gasteiger partial charge in [0.15, 0.2) is 0 Å². The Morgan fingerprint density at radius 3 is 2.90 bits per heavy atom. The zero-order valence-electron chi connectivity index (χ0n) is 12.2. The van der Waals surface area contributed by atoms with E-state index in [9.17, 15) is 9.59 Å². The number of aromatic nitrogens is 1. The molecule has 2 heterocycles. The minimum Gasteiger partial charge on any atom is -0.466 e. The fourth-order valence-corrected chi connectivity index (χ4v) is 2.66. The molecule has 1 aliphatic rings. The lowest BCUT2D eigenvalue weighted by atomic mass is 9.98. The van der Waals surface area contributed by atoms with E-state index < -0.39 is 0 Å². The molecule has 1 aromatic heterocycles. The fourth-order valence-electron chi connectivity index (χ4n) is 2.66. The topological polar surface area (TPSA) is 51.5 Å². The maximum atomic E-state index is 12.5. The van der Waals surface area contributed by atoms with Crippen molar-refractivity contribution in [1.29, 1.82) is 0 Å². The number of piperidine rings is 1. The van der Waals surface area contributed by atoms with Crippen LogP contribution < -0.4 is 0 Å². The summed E-state index contributed by atoms with van der Waals surface area (Å²) in [5, 5.41) is 0. The first kappa shape index (κ1) is 14.6. The van der Waals surface area contributed by atoms with Crippen molar-refractivity contribution in [3.05, 3.63) is 24.0 Å². The molecule has 0 aromatic carbocycles. The normalized spacial score (nSPS) is 18.9. The zero-order valence-corrected chi connectivity index (χ0v) is 12.2. The second-order valence-corrected chi connectivity index (χ2v) is 5.02. The van der Waals surface area contributed by atoms with E-state index in [2.05, 4.69) is 0 Å². The molecule has 5 heteroatoms. The van der Waals surface area contributed by atoms with Gasteiger partial charge in [-0.2, -0.15) is 0 Å². The highest BCUT2D eigenvalue weighted by molar-refractivity contribution is 5.93. The molecule has 0 aliphatic carbocycles. The van der Waals surface area contributed by atoms with Crippen molar-refractivity contribution in [3.8, 4) is 0 Å². The molecule has 1 aromatic rings. The molecule has 1 atom stereocenters. The Balaban J connectivity index is 2.05. The van der Waals surface area contributed by atoms with Gasteiger partial charge in [0.2, 0.25) is 0 Å². The van der Waals surface area contributed by atoms with E-state index in [1.807, 2.05) is 29.8 Å². The standard InChI is InChI=1S/C15H22N2O3/c1-3-16-9-6-8-13(16)14(18)17-10-5-7-12(11-17)15(19)20-4-2/h6,8-9,12H,3-5,7,10-11H2,1-2H3/t12-/m1/s1. The average molecular weight is 278 g/mol. The van der Waals surface area contributed by atoms with Crippen LogP contribution in [0.4, 0.5) is 0 Å². The molecule has 1 fully saturated rings. The van der Waals surface area contributed by atoms with Crippen LogP contribution in [0.3, 0.4) is 0 Å². The molecule has 0 spiro atoms. The molecule has 0 radical (unpaired) electrons. The third-order valence-electron chi connectivity index (χ3n) is 3.72. The molecule has 1 aliphatic heterocycles. The highest BCUT2D eigenvalue weighted by Crippen LogP contribution is 2.20. The van der Waals surface area contributed by atoms with Gasteiger partial charge in [0.1, 0.15) is 5.69 Å². The van der Waals surface area contributed by atoms with Gasteiger partial charge in [-0.05, 0) is 38.8 Å². The van der Waals surface area contributed by atoms with E-state index >= 15 is 0 Å². The minimum atomic E-state index is -0.184. The van der Waals surface area contributed by atoms with Crippen molar-refractivity contribution in [2.24, 2.45) is 5.92 Å². The lowest BCUT2D eigenvalue weighted by molar-refractivity contribution is -0.149. The second-order valence-electron chi connectivity index (χ2n) is 5.02. The van der Waals surface area contributed by atoms with Crippen molar-refractivity contribution in [1.82, 2.24) is 9.47 Å². The molecular formula is C15H22N2O3. The third kappa shape index (κ3) is 3.03. The second kappa shape index (κ2) is 6.59. The van der Waals surface area contributed by atoms with Crippen molar-refractivity contribution >= 4 is 11.9 Å². The summed E-state index contributed by atoms with van der Waals surface area (Å²) in [5.74, 6) is -0.362. The van der Waals surface area contributed by atoms with Crippen molar-refractivity contribution in [3.63, 3.8) is 0 Å². The highest BCUT2D eigenvalue weighted by atomic mass is 16.5. The Bertz CT molecular complexity index is 481. The maximum Gasteiger partial charge on any atom is 0.310 e. The van der Waals surface area contributed by atoms with Gasteiger partial charge >= 0.3 is 5.97 Å². The fraction of sp³-hybridized carbons (Fsp3) is 0.600. The van der Waals surface area contributed by atoms with Crippen LogP contribution in [-0.2, 0) is 16.1 Å². The van der Waals surface area contributed by atoms with Gasteiger partial charge in [0.05, 0.1) is 12.5 Å². The monoisotopic (exact) mass is 278 g/mol. The number of carbonyl (C=O) groups is 2. The smallest absolute Gasteiger partial charge is 0.310 e. The van der Waals surface area contributed by atoms with Crippen LogP contribution in [0.25, 0.3) is 0 Å². The largest absolute Gasteiger partial charge is 0.466 e. The molecule has 5 nitrogen and oxygen atoms in total. The molecule has 0 N–H and O–H groups in total. The number of hydrogen-bond donors (Lipinski definition) is 0. The minimum absolute atomic E-state index is 0.00542. The van der Waals surface area contributed by atoms with Crippen LogP contribution in [0.15, 0.2) is 18.3 Å². The molecule has 0 bridgehead atoms. The average Bonchev–Trinajstić information content (AvgIpc) is 2.95. The molecule has 1 amide bonds. The number of likely N-dealkylation sites (tertiary alicyclic amines) is 1. The van der Waals surface area contributed by atoms with E-state index in [0.29, 0.717) is 25.4 Å². The number of hydrogen-bond acceptors (Lipinski definition) is 3. The Morgan fingerprint density at radius 2 is 2.20 bits per heavy atom. The quantitative estimate of drug-likeness (QED) is 0.791. The SMILES string of the molecule is CCOC(=O)[C@@H]1CCCN(C(=O)c2cccn2CC)C1. The number of amides is 1. The molecule has 20 heavy (non-hydrogen) atoms. The van der Waals surface area contributed by atoms with Gasteiger partial charge in [-0.1, -0.05) is 0 Å². The maximum absolute atomic E-state index is 12.5. The predicted molar refractivity (Wildman–Crippen MR) is 75.4 cm³/mol. The van der Waals surface area contributed by atoms with E-state index in [4.69, 9.17) is 4.74 Å². The first-order valence-electron chi connectivity index (χ1n) is 7.28. The van der Waals surface area contributed by atoms with Gasteiger partial charge < -0.3 is 14.2 Å². The summed E-state index contributed by atoms with van der Waals surface area (Å²) in [6, 6.07) is 3.71. The van der Waals surface area contributed by atoms with Crippen LogP contribution >= 0.6 is 0 Å². The summed E-state index contributed by atoms with van der Waals surface area (Å²) in [6.45, 7) is 6.15. The molecule has 2 rings (SSSR count). The summed E-state index contributed by atoms with van der Waals surface area (Å²) < 4.78 is 6.99. The Labute approximate surface area is 119 Å². The van der Waals surface area contributed by atoms with Gasteiger partial charge in [-0.15, -0.1) is 0 Å². The molecule has 110 valence electrons. The first-order valence-corrected chi connectivity index (χ1v) is 7.28. The molecular weight excluding hydrogens is 256 g/mol. The Hall–Kier alpha value is -1.78. The lowest BCUT2D eigenvalue weighted by Gasteiger charge is -2.31. The highest BCUT2D eigenvalue weighted by Gasteiger charge is 2.30. The summed E-state index contributed by atoms with van der Waals surface area (Å²) in [7, 11) is 0. The molecule has 0 saturated carbocycles. The van der Waals surface area contributed by atoms with E-state index in [0.717, 1.165) is 19.4 Å². The molecule has 0 unspecified atom stereocenters. The van der Waals surface area contributed by atoms with Crippen LogP contribution in [0.2, 0.25) is 0 Å². The van der Waals surface area contributed by atoms with Gasteiger partial charge in [-0.3, -0.25) is 9.59 Å². The van der Waals surface area contributed by atoms with Gasteiger partial charge in [-0.25, -0.2) is 0 Å². The van der Waals surface area contributed by atoms with E-state index in [1.54, 1.807) is 11.8 Å². The first-order chi connectivity index (χ1) is 9.67. The van der Waals surface area contributed by atoms with Crippen molar-refractivity contribution in [2.75, 3.05) is 19.7 Å². The number of ether oxygens (including phenoxy) is 1. The number of carbonyl (C=O) groups excluding carboxylic acids is 2. The Morgan fingerprint density at radius 1 is 1.40 bits per heavy atom. The number of rotatable bonds is 4. The number of aryl methyl sites for hydroxylation is 1. The Kier molecular flexibility index (Phi) is 4.82. The predicted octanol–water partition coefficient (Wildman–Crippen LogP) is 1.92. The molecule has 1 saturated heterocycles. The van der Waals surface area contributed by atoms with Crippen molar-refractivity contribution < 1.29 is 14.3 Å². The van der Waals surface area contributed by atoms with Crippen molar-refractivity contribution in [2.45, 2.75) is 33.2 Å². The summed E-state index contributed by atoms with van der Waals surface area (Å²) >= 11 is 0. The van der Waals surface area contributed by atoms with E-state index in [-0.39, 0.29) is 17.8 Å². The summed E-state index contributed by atoms with van der Waals surface area (Å²) in [6.07, 6.45) is 3.56. The van der Waals surface area contributed by atoms with E-state index in [1.165, 1.54) is 0 Å². The number of esters is 1. The third-order valence-corrected chi connectivity index (χ3v) is 3.72. The number of nitrogens with zero attached hydrogens (tertiary/aromatic N) is 2. The van der Waals surface area contributed by atoms with Gasteiger partial charge in [0, 0.05) is 25.8 Å².